The summed E-state index contributed by atoms with van der Waals surface area (Å²) < 4.78 is 0. The Labute approximate surface area is 80.3 Å². The zero-order chi connectivity index (χ0) is 9.68. The smallest absolute Gasteiger partial charge is 0.225 e. The van der Waals surface area contributed by atoms with Crippen LogP contribution in [0.25, 0.3) is 0 Å². The van der Waals surface area contributed by atoms with Crippen molar-refractivity contribution in [3.05, 3.63) is 5.82 Å². The van der Waals surface area contributed by atoms with Gasteiger partial charge >= 0.3 is 0 Å². The average molecular weight is 200 g/mol. The van der Waals surface area contributed by atoms with Crippen LogP contribution in [0.1, 0.15) is 5.82 Å². The van der Waals surface area contributed by atoms with Crippen LogP contribution < -0.4 is 17.2 Å². The first kappa shape index (κ1) is 10.0. The van der Waals surface area contributed by atoms with Gasteiger partial charge in [0.15, 0.2) is 0 Å². The van der Waals surface area contributed by atoms with Crippen LogP contribution >= 0.6 is 11.8 Å². The van der Waals surface area contributed by atoms with Gasteiger partial charge in [0.25, 0.3) is 0 Å². The van der Waals surface area contributed by atoms with Crippen molar-refractivity contribution in [2.45, 2.75) is 6.42 Å². The maximum Gasteiger partial charge on any atom is 0.225 e. The van der Waals surface area contributed by atoms with Gasteiger partial charge in [-0.1, -0.05) is 0 Å². The lowest BCUT2D eigenvalue weighted by atomic mass is 10.4. The maximum absolute atomic E-state index is 5.39. The number of anilines is 2. The van der Waals surface area contributed by atoms with Crippen molar-refractivity contribution >= 4 is 23.7 Å². The fourth-order valence-electron chi connectivity index (χ4n) is 0.815. The maximum atomic E-state index is 5.39. The zero-order valence-corrected chi connectivity index (χ0v) is 7.92. The molecular weight excluding hydrogens is 188 g/mol. The molecule has 0 bridgehead atoms. The molecule has 1 aromatic rings. The molecule has 0 fully saturated rings. The standard InChI is InChI=1S/C6H12N6S/c7-3-13-2-1-4-10-5(8)12-6(9)11-4/h1-3,7H2,(H4,8,9,10,11,12). The van der Waals surface area contributed by atoms with Crippen molar-refractivity contribution in [2.24, 2.45) is 5.73 Å². The van der Waals surface area contributed by atoms with Gasteiger partial charge < -0.3 is 17.2 Å². The minimum absolute atomic E-state index is 0.167. The predicted molar refractivity (Wildman–Crippen MR) is 53.9 cm³/mol. The second-order valence-electron chi connectivity index (χ2n) is 2.29. The first-order valence-corrected chi connectivity index (χ1v) is 4.91. The lowest BCUT2D eigenvalue weighted by molar-refractivity contribution is 0.922. The van der Waals surface area contributed by atoms with E-state index in [0.29, 0.717) is 18.1 Å². The minimum Gasteiger partial charge on any atom is -0.368 e. The van der Waals surface area contributed by atoms with Crippen LogP contribution in [-0.4, -0.2) is 26.6 Å². The largest absolute Gasteiger partial charge is 0.368 e. The monoisotopic (exact) mass is 200 g/mol. The number of aryl methyl sites for hydroxylation is 1. The van der Waals surface area contributed by atoms with E-state index < -0.39 is 0 Å². The van der Waals surface area contributed by atoms with E-state index in [-0.39, 0.29) is 11.9 Å². The first-order valence-electron chi connectivity index (χ1n) is 3.76. The summed E-state index contributed by atoms with van der Waals surface area (Å²) in [5, 5.41) is 0. The SMILES string of the molecule is NCSCCc1nc(N)nc(N)n1. The molecule has 0 radical (unpaired) electrons. The van der Waals surface area contributed by atoms with Crippen LogP contribution in [0.15, 0.2) is 0 Å². The molecule has 0 atom stereocenters. The lowest BCUT2D eigenvalue weighted by Gasteiger charge is -2.00. The fourth-order valence-corrected chi connectivity index (χ4v) is 1.31. The third-order valence-electron chi connectivity index (χ3n) is 1.30. The molecule has 6 N–H and O–H groups in total. The molecule has 0 saturated carbocycles. The molecule has 7 heteroatoms. The van der Waals surface area contributed by atoms with Crippen LogP contribution in [-0.2, 0) is 6.42 Å². The molecule has 0 amide bonds. The molecule has 72 valence electrons. The topological polar surface area (TPSA) is 117 Å². The Bertz CT molecular complexity index is 258. The van der Waals surface area contributed by atoms with Gasteiger partial charge in [0, 0.05) is 18.1 Å². The zero-order valence-electron chi connectivity index (χ0n) is 7.10. The second kappa shape index (κ2) is 4.83. The molecule has 0 unspecified atom stereocenters. The minimum atomic E-state index is 0.167. The van der Waals surface area contributed by atoms with Gasteiger partial charge in [0.1, 0.15) is 5.82 Å². The van der Waals surface area contributed by atoms with Crippen molar-refractivity contribution in [1.29, 1.82) is 0 Å². The highest BCUT2D eigenvalue weighted by Gasteiger charge is 2.00. The Balaban J connectivity index is 2.56. The van der Waals surface area contributed by atoms with E-state index in [4.69, 9.17) is 17.2 Å². The van der Waals surface area contributed by atoms with Crippen LogP contribution in [0.2, 0.25) is 0 Å². The molecule has 0 aromatic carbocycles. The molecule has 1 heterocycles. The molecule has 0 aliphatic carbocycles. The van der Waals surface area contributed by atoms with E-state index in [2.05, 4.69) is 15.0 Å². The van der Waals surface area contributed by atoms with Crippen LogP contribution in [0, 0.1) is 0 Å². The van der Waals surface area contributed by atoms with Crippen molar-refractivity contribution in [2.75, 3.05) is 23.1 Å². The highest BCUT2D eigenvalue weighted by atomic mass is 32.2. The average Bonchev–Trinajstić information content (AvgIpc) is 2.03. The van der Waals surface area contributed by atoms with Crippen molar-refractivity contribution in [1.82, 2.24) is 15.0 Å². The van der Waals surface area contributed by atoms with Gasteiger partial charge in [0.2, 0.25) is 11.9 Å². The predicted octanol–water partition coefficient (Wildman–Crippen LogP) is -0.772. The van der Waals surface area contributed by atoms with Gasteiger partial charge in [-0.15, -0.1) is 11.8 Å². The molecule has 1 aromatic heterocycles. The van der Waals surface area contributed by atoms with Crippen molar-refractivity contribution in [3.8, 4) is 0 Å². The Morgan fingerprint density at radius 2 is 1.69 bits per heavy atom. The van der Waals surface area contributed by atoms with E-state index in [1.54, 1.807) is 11.8 Å². The second-order valence-corrected chi connectivity index (χ2v) is 3.44. The number of nitrogen functional groups attached to an aromatic ring is 2. The molecule has 1 rings (SSSR count). The Kier molecular flexibility index (Phi) is 3.71. The highest BCUT2D eigenvalue weighted by molar-refractivity contribution is 7.99. The van der Waals surface area contributed by atoms with Gasteiger partial charge in [-0.2, -0.15) is 15.0 Å². The third kappa shape index (κ3) is 3.43. The van der Waals surface area contributed by atoms with E-state index in [9.17, 15) is 0 Å². The summed E-state index contributed by atoms with van der Waals surface area (Å²) in [5.41, 5.74) is 16.1. The number of hydrogen-bond donors (Lipinski definition) is 3. The molecule has 6 nitrogen and oxygen atoms in total. The van der Waals surface area contributed by atoms with Crippen LogP contribution in [0.3, 0.4) is 0 Å². The molecule has 0 spiro atoms. The number of aromatic nitrogens is 3. The van der Waals surface area contributed by atoms with Crippen LogP contribution in [0.4, 0.5) is 11.9 Å². The number of hydrogen-bond acceptors (Lipinski definition) is 7. The van der Waals surface area contributed by atoms with Crippen LogP contribution in [0.5, 0.6) is 0 Å². The molecular formula is C6H12N6S. The molecule has 0 aliphatic heterocycles. The number of thioether (sulfide) groups is 1. The summed E-state index contributed by atoms with van der Waals surface area (Å²) in [6, 6.07) is 0. The lowest BCUT2D eigenvalue weighted by Crippen LogP contribution is -2.08. The van der Waals surface area contributed by atoms with Gasteiger partial charge in [-0.3, -0.25) is 0 Å². The summed E-state index contributed by atoms with van der Waals surface area (Å²) in [6.07, 6.45) is 0.707. The Hall–Kier alpha value is -1.08. The normalized spacial score (nSPS) is 10.2. The summed E-state index contributed by atoms with van der Waals surface area (Å²) >= 11 is 1.61. The number of nitrogens with two attached hydrogens (primary N) is 3. The summed E-state index contributed by atoms with van der Waals surface area (Å²) in [4.78, 5) is 11.5. The summed E-state index contributed by atoms with van der Waals surface area (Å²) in [6.45, 7) is 0. The van der Waals surface area contributed by atoms with Crippen molar-refractivity contribution in [3.63, 3.8) is 0 Å². The first-order chi connectivity index (χ1) is 6.22. The number of nitrogens with zero attached hydrogens (tertiary/aromatic N) is 3. The molecule has 0 saturated heterocycles. The van der Waals surface area contributed by atoms with E-state index in [1.807, 2.05) is 0 Å². The third-order valence-corrected chi connectivity index (χ3v) is 2.03. The summed E-state index contributed by atoms with van der Waals surface area (Å²) in [7, 11) is 0. The Morgan fingerprint density at radius 3 is 2.23 bits per heavy atom. The van der Waals surface area contributed by atoms with E-state index in [1.165, 1.54) is 0 Å². The number of rotatable bonds is 4. The Morgan fingerprint density at radius 1 is 1.08 bits per heavy atom. The highest BCUT2D eigenvalue weighted by Crippen LogP contribution is 2.03. The molecule has 0 aliphatic rings. The fraction of sp³-hybridized carbons (Fsp3) is 0.500. The molecule has 13 heavy (non-hydrogen) atoms. The van der Waals surface area contributed by atoms with E-state index >= 15 is 0 Å². The van der Waals surface area contributed by atoms with Gasteiger partial charge in [-0.25, -0.2) is 0 Å². The van der Waals surface area contributed by atoms with Gasteiger partial charge in [-0.05, 0) is 0 Å². The van der Waals surface area contributed by atoms with Crippen molar-refractivity contribution < 1.29 is 0 Å². The van der Waals surface area contributed by atoms with E-state index in [0.717, 1.165) is 5.75 Å². The quantitative estimate of drug-likeness (QED) is 0.431. The summed E-state index contributed by atoms with van der Waals surface area (Å²) in [5.74, 6) is 2.40. The van der Waals surface area contributed by atoms with Gasteiger partial charge in [0.05, 0.1) is 0 Å².